The van der Waals surface area contributed by atoms with Crippen LogP contribution in [0.2, 0.25) is 0 Å². The van der Waals surface area contributed by atoms with Crippen molar-refractivity contribution in [3.63, 3.8) is 0 Å². The average molecular weight is 192 g/mol. The van der Waals surface area contributed by atoms with Gasteiger partial charge in [-0.05, 0) is 37.9 Å². The minimum Gasteiger partial charge on any atom is -0.327 e. The SMILES string of the molecule is N[C@@H]1Cc2cn[nH]c2C12CCNCC2. The van der Waals surface area contributed by atoms with Crippen LogP contribution in [0.25, 0.3) is 0 Å². The quantitative estimate of drug-likeness (QED) is 0.538. The highest BCUT2D eigenvalue weighted by molar-refractivity contribution is 5.36. The van der Waals surface area contributed by atoms with Crippen LogP contribution in [0.15, 0.2) is 6.20 Å². The van der Waals surface area contributed by atoms with Crippen molar-refractivity contribution in [2.45, 2.75) is 30.7 Å². The van der Waals surface area contributed by atoms with Gasteiger partial charge in [-0.25, -0.2) is 0 Å². The number of nitrogens with one attached hydrogen (secondary N) is 2. The third-order valence-electron chi connectivity index (χ3n) is 3.86. The molecule has 4 nitrogen and oxygen atoms in total. The number of nitrogens with zero attached hydrogens (tertiary/aromatic N) is 1. The molecule has 0 unspecified atom stereocenters. The Balaban J connectivity index is 2.05. The van der Waals surface area contributed by atoms with E-state index in [0.717, 1.165) is 32.4 Å². The van der Waals surface area contributed by atoms with Gasteiger partial charge in [0.25, 0.3) is 0 Å². The molecule has 1 aliphatic carbocycles. The third-order valence-corrected chi connectivity index (χ3v) is 3.86. The zero-order chi connectivity index (χ0) is 9.60. The van der Waals surface area contributed by atoms with E-state index in [9.17, 15) is 0 Å². The molecule has 76 valence electrons. The normalized spacial score (nSPS) is 29.4. The fourth-order valence-electron chi connectivity index (χ4n) is 3.01. The lowest BCUT2D eigenvalue weighted by Gasteiger charge is -2.37. The van der Waals surface area contributed by atoms with Gasteiger partial charge in [-0.3, -0.25) is 5.10 Å². The van der Waals surface area contributed by atoms with Crippen molar-refractivity contribution in [3.8, 4) is 0 Å². The van der Waals surface area contributed by atoms with E-state index in [1.807, 2.05) is 6.20 Å². The lowest BCUT2D eigenvalue weighted by atomic mass is 9.74. The minimum atomic E-state index is 0.192. The molecule has 0 amide bonds. The summed E-state index contributed by atoms with van der Waals surface area (Å²) in [7, 11) is 0. The summed E-state index contributed by atoms with van der Waals surface area (Å²) in [5, 5.41) is 10.7. The van der Waals surface area contributed by atoms with Crippen molar-refractivity contribution in [3.05, 3.63) is 17.5 Å². The number of hydrogen-bond acceptors (Lipinski definition) is 3. The predicted molar refractivity (Wildman–Crippen MR) is 54.0 cm³/mol. The van der Waals surface area contributed by atoms with Crippen LogP contribution in [-0.4, -0.2) is 29.3 Å². The second-order valence-corrected chi connectivity index (χ2v) is 4.49. The standard InChI is InChI=1S/C10H16N4/c11-8-5-7-6-13-14-9(7)10(8)1-3-12-4-2-10/h6,8,12H,1-5,11H2,(H,13,14)/t8-/m1/s1. The molecule has 1 fully saturated rings. The molecular formula is C10H16N4. The van der Waals surface area contributed by atoms with Gasteiger partial charge in [0.05, 0.1) is 6.20 Å². The van der Waals surface area contributed by atoms with Crippen LogP contribution < -0.4 is 11.1 Å². The number of aromatic amines is 1. The van der Waals surface area contributed by atoms with Crippen LogP contribution in [0.5, 0.6) is 0 Å². The van der Waals surface area contributed by atoms with E-state index in [2.05, 4.69) is 15.5 Å². The molecule has 0 saturated carbocycles. The third kappa shape index (κ3) is 0.925. The van der Waals surface area contributed by atoms with Crippen LogP contribution in [-0.2, 0) is 11.8 Å². The smallest absolute Gasteiger partial charge is 0.0522 e. The lowest BCUT2D eigenvalue weighted by molar-refractivity contribution is 0.266. The van der Waals surface area contributed by atoms with Gasteiger partial charge in [-0.2, -0.15) is 5.10 Å². The Labute approximate surface area is 83.3 Å². The van der Waals surface area contributed by atoms with E-state index in [4.69, 9.17) is 5.73 Å². The molecule has 1 atom stereocenters. The summed E-state index contributed by atoms with van der Waals surface area (Å²) < 4.78 is 0. The fourth-order valence-corrected chi connectivity index (χ4v) is 3.01. The van der Waals surface area contributed by atoms with Crippen molar-refractivity contribution in [1.29, 1.82) is 0 Å². The number of hydrogen-bond donors (Lipinski definition) is 3. The van der Waals surface area contributed by atoms with Gasteiger partial charge in [0, 0.05) is 17.2 Å². The largest absolute Gasteiger partial charge is 0.327 e. The first-order chi connectivity index (χ1) is 6.83. The van der Waals surface area contributed by atoms with Crippen molar-refractivity contribution in [2.75, 3.05) is 13.1 Å². The molecule has 14 heavy (non-hydrogen) atoms. The van der Waals surface area contributed by atoms with Gasteiger partial charge in [-0.1, -0.05) is 0 Å². The van der Waals surface area contributed by atoms with Crippen molar-refractivity contribution in [2.24, 2.45) is 5.73 Å². The summed E-state index contributed by atoms with van der Waals surface area (Å²) in [6, 6.07) is 0.286. The maximum Gasteiger partial charge on any atom is 0.0522 e. The zero-order valence-corrected chi connectivity index (χ0v) is 8.21. The van der Waals surface area contributed by atoms with Crippen LogP contribution in [0, 0.1) is 0 Å². The molecule has 1 aromatic heterocycles. The number of aromatic nitrogens is 2. The number of fused-ring (bicyclic) bond motifs is 2. The number of piperidine rings is 1. The van der Waals surface area contributed by atoms with E-state index in [1.165, 1.54) is 11.3 Å². The maximum atomic E-state index is 6.26. The second kappa shape index (κ2) is 2.81. The zero-order valence-electron chi connectivity index (χ0n) is 8.21. The highest BCUT2D eigenvalue weighted by Crippen LogP contribution is 2.42. The Hall–Kier alpha value is -0.870. The van der Waals surface area contributed by atoms with E-state index in [1.54, 1.807) is 0 Å². The second-order valence-electron chi connectivity index (χ2n) is 4.49. The van der Waals surface area contributed by atoms with Gasteiger partial charge in [0.2, 0.25) is 0 Å². The Morgan fingerprint density at radius 1 is 1.43 bits per heavy atom. The van der Waals surface area contributed by atoms with Gasteiger partial charge >= 0.3 is 0 Å². The molecule has 0 bridgehead atoms. The first kappa shape index (κ1) is 8.44. The van der Waals surface area contributed by atoms with Gasteiger partial charge in [-0.15, -0.1) is 0 Å². The van der Waals surface area contributed by atoms with Crippen LogP contribution in [0.1, 0.15) is 24.1 Å². The van der Waals surface area contributed by atoms with Gasteiger partial charge in [0.1, 0.15) is 0 Å². The Morgan fingerprint density at radius 3 is 3.00 bits per heavy atom. The Morgan fingerprint density at radius 2 is 2.21 bits per heavy atom. The molecule has 1 aliphatic heterocycles. The van der Waals surface area contributed by atoms with Crippen LogP contribution >= 0.6 is 0 Å². The molecule has 0 aromatic carbocycles. The van der Waals surface area contributed by atoms with Gasteiger partial charge < -0.3 is 11.1 Å². The Kier molecular flexibility index (Phi) is 1.69. The predicted octanol–water partition coefficient (Wildman–Crippen LogP) is -0.0857. The molecule has 1 saturated heterocycles. The monoisotopic (exact) mass is 192 g/mol. The summed E-state index contributed by atoms with van der Waals surface area (Å²) in [5.74, 6) is 0. The molecule has 1 aromatic rings. The molecule has 4 heteroatoms. The summed E-state index contributed by atoms with van der Waals surface area (Å²) in [6.45, 7) is 2.15. The fraction of sp³-hybridized carbons (Fsp3) is 0.700. The van der Waals surface area contributed by atoms with E-state index < -0.39 is 0 Å². The van der Waals surface area contributed by atoms with E-state index >= 15 is 0 Å². The van der Waals surface area contributed by atoms with Crippen molar-refractivity contribution < 1.29 is 0 Å². The molecule has 4 N–H and O–H groups in total. The summed E-state index contributed by atoms with van der Waals surface area (Å²) >= 11 is 0. The van der Waals surface area contributed by atoms with Crippen molar-refractivity contribution >= 4 is 0 Å². The highest BCUT2D eigenvalue weighted by Gasteiger charge is 2.46. The Bertz CT molecular complexity index is 338. The minimum absolute atomic E-state index is 0.192. The number of rotatable bonds is 0. The first-order valence-corrected chi connectivity index (χ1v) is 5.32. The maximum absolute atomic E-state index is 6.26. The van der Waals surface area contributed by atoms with E-state index in [0.29, 0.717) is 0 Å². The van der Waals surface area contributed by atoms with Crippen LogP contribution in [0.4, 0.5) is 0 Å². The van der Waals surface area contributed by atoms with Crippen molar-refractivity contribution in [1.82, 2.24) is 15.5 Å². The summed E-state index contributed by atoms with van der Waals surface area (Å²) in [4.78, 5) is 0. The lowest BCUT2D eigenvalue weighted by Crippen LogP contribution is -2.49. The molecule has 2 heterocycles. The van der Waals surface area contributed by atoms with Gasteiger partial charge in [0.15, 0.2) is 0 Å². The number of H-pyrrole nitrogens is 1. The topological polar surface area (TPSA) is 66.7 Å². The van der Waals surface area contributed by atoms with E-state index in [-0.39, 0.29) is 11.5 Å². The average Bonchev–Trinajstić information content (AvgIpc) is 2.74. The molecule has 1 spiro atoms. The molecule has 2 aliphatic rings. The summed E-state index contributed by atoms with van der Waals surface area (Å²) in [6.07, 6.45) is 5.21. The molecule has 3 rings (SSSR count). The first-order valence-electron chi connectivity index (χ1n) is 5.32. The van der Waals surface area contributed by atoms with Crippen LogP contribution in [0.3, 0.4) is 0 Å². The highest BCUT2D eigenvalue weighted by atomic mass is 15.1. The molecule has 0 radical (unpaired) electrons. The summed E-state index contributed by atoms with van der Waals surface area (Å²) in [5.41, 5.74) is 9.10. The molecular weight excluding hydrogens is 176 g/mol. The number of nitrogens with two attached hydrogens (primary N) is 1.